The Morgan fingerprint density at radius 2 is 2.29 bits per heavy atom. The first-order valence-corrected chi connectivity index (χ1v) is 4.94. The van der Waals surface area contributed by atoms with E-state index in [2.05, 4.69) is 4.98 Å². The molecule has 1 rings (SSSR count). The highest BCUT2D eigenvalue weighted by Gasteiger charge is 2.18. The Labute approximate surface area is 94.1 Å². The molecule has 0 N–H and O–H groups in total. The smallest absolute Gasteiger partial charge is 0.250 e. The highest BCUT2D eigenvalue weighted by molar-refractivity contribution is 14.1. The summed E-state index contributed by atoms with van der Waals surface area (Å²) in [5.41, 5.74) is 0.736. The number of aryl methyl sites for hydroxylation is 1. The first-order valence-electron chi connectivity index (χ1n) is 3.87. The van der Waals surface area contributed by atoms with Gasteiger partial charge in [0.15, 0.2) is 0 Å². The molecule has 1 aromatic heterocycles. The van der Waals surface area contributed by atoms with Crippen LogP contribution in [0.4, 0.5) is 8.78 Å². The number of hydrogen-bond donors (Lipinski definition) is 0. The van der Waals surface area contributed by atoms with Crippen LogP contribution in [-0.4, -0.2) is 4.98 Å². The van der Waals surface area contributed by atoms with E-state index >= 15 is 0 Å². The van der Waals surface area contributed by atoms with Crippen molar-refractivity contribution < 1.29 is 8.78 Å². The quantitative estimate of drug-likeness (QED) is 0.622. The van der Waals surface area contributed by atoms with Gasteiger partial charge < -0.3 is 0 Å². The van der Waals surface area contributed by atoms with E-state index in [1.807, 2.05) is 28.7 Å². The number of nitriles is 1. The van der Waals surface area contributed by atoms with Gasteiger partial charge >= 0.3 is 0 Å². The zero-order chi connectivity index (χ0) is 10.7. The van der Waals surface area contributed by atoms with Crippen molar-refractivity contribution in [2.45, 2.75) is 19.8 Å². The second-order valence-corrected chi connectivity index (χ2v) is 3.78. The molecule has 1 heterocycles. The van der Waals surface area contributed by atoms with Gasteiger partial charge in [-0.3, -0.25) is 0 Å². The fourth-order valence-corrected chi connectivity index (χ4v) is 1.82. The Bertz CT molecular complexity index is 385. The van der Waals surface area contributed by atoms with E-state index in [1.54, 1.807) is 6.92 Å². The lowest BCUT2D eigenvalue weighted by molar-refractivity contribution is 0.149. The molecule has 0 atom stereocenters. The van der Waals surface area contributed by atoms with Gasteiger partial charge in [0.25, 0.3) is 6.43 Å². The zero-order valence-corrected chi connectivity index (χ0v) is 9.55. The van der Waals surface area contributed by atoms with Crippen molar-refractivity contribution in [3.8, 4) is 6.07 Å². The first kappa shape index (κ1) is 11.3. The SMILES string of the molecule is Cc1cnc(I)c(CC#N)c1C(F)F. The average molecular weight is 308 g/mol. The summed E-state index contributed by atoms with van der Waals surface area (Å²) in [4.78, 5) is 3.94. The summed E-state index contributed by atoms with van der Waals surface area (Å²) in [5, 5.41) is 8.52. The van der Waals surface area contributed by atoms with Crippen molar-refractivity contribution >= 4 is 22.6 Å². The summed E-state index contributed by atoms with van der Waals surface area (Å²) < 4.78 is 25.8. The van der Waals surface area contributed by atoms with Gasteiger partial charge in [0.05, 0.1) is 12.5 Å². The summed E-state index contributed by atoms with van der Waals surface area (Å²) in [7, 11) is 0. The molecule has 0 saturated heterocycles. The van der Waals surface area contributed by atoms with Crippen molar-refractivity contribution in [2.75, 3.05) is 0 Å². The second kappa shape index (κ2) is 4.64. The minimum Gasteiger partial charge on any atom is -0.250 e. The Kier molecular flexibility index (Phi) is 3.75. The van der Waals surface area contributed by atoms with Crippen LogP contribution in [0.2, 0.25) is 0 Å². The Hall–Kier alpha value is -0.770. The Morgan fingerprint density at radius 1 is 1.64 bits per heavy atom. The van der Waals surface area contributed by atoms with Crippen molar-refractivity contribution in [1.82, 2.24) is 4.98 Å². The number of rotatable bonds is 2. The van der Waals surface area contributed by atoms with E-state index in [0.29, 0.717) is 14.8 Å². The zero-order valence-electron chi connectivity index (χ0n) is 7.39. The van der Waals surface area contributed by atoms with E-state index in [0.717, 1.165) is 0 Å². The van der Waals surface area contributed by atoms with Gasteiger partial charge in [-0.1, -0.05) is 0 Å². The molecule has 0 aliphatic carbocycles. The molecule has 2 nitrogen and oxygen atoms in total. The van der Waals surface area contributed by atoms with Crippen molar-refractivity contribution in [3.63, 3.8) is 0 Å². The third-order valence-electron chi connectivity index (χ3n) is 1.84. The standard InChI is InChI=1S/C9H7F2IN2/c1-5-4-14-9(12)6(2-3-13)7(5)8(10)11/h4,8H,2H2,1H3. The van der Waals surface area contributed by atoms with E-state index in [1.165, 1.54) is 6.20 Å². The minimum atomic E-state index is -2.55. The van der Waals surface area contributed by atoms with E-state index in [-0.39, 0.29) is 12.0 Å². The fourth-order valence-electron chi connectivity index (χ4n) is 1.20. The van der Waals surface area contributed by atoms with Crippen molar-refractivity contribution in [3.05, 3.63) is 26.6 Å². The molecule has 5 heteroatoms. The topological polar surface area (TPSA) is 36.7 Å². The predicted molar refractivity (Wildman–Crippen MR) is 56.0 cm³/mol. The largest absolute Gasteiger partial charge is 0.264 e. The number of pyridine rings is 1. The van der Waals surface area contributed by atoms with E-state index in [4.69, 9.17) is 5.26 Å². The maximum atomic E-state index is 12.7. The van der Waals surface area contributed by atoms with Crippen LogP contribution >= 0.6 is 22.6 Å². The van der Waals surface area contributed by atoms with Crippen LogP contribution in [0.3, 0.4) is 0 Å². The highest BCUT2D eigenvalue weighted by Crippen LogP contribution is 2.28. The Balaban J connectivity index is 3.35. The van der Waals surface area contributed by atoms with Gasteiger partial charge in [0.1, 0.15) is 3.70 Å². The number of halogens is 3. The van der Waals surface area contributed by atoms with Crippen LogP contribution in [0.25, 0.3) is 0 Å². The predicted octanol–water partition coefficient (Wildman–Crippen LogP) is 3.00. The minimum absolute atomic E-state index is 0.0212. The van der Waals surface area contributed by atoms with Crippen LogP contribution in [0.1, 0.15) is 23.1 Å². The number of nitrogens with zero attached hydrogens (tertiary/aromatic N) is 2. The normalized spacial score (nSPS) is 10.3. The summed E-state index contributed by atoms with van der Waals surface area (Å²) in [6.45, 7) is 1.57. The van der Waals surface area contributed by atoms with Gasteiger partial charge in [-0.25, -0.2) is 13.8 Å². The first-order chi connectivity index (χ1) is 6.57. The van der Waals surface area contributed by atoms with Crippen LogP contribution < -0.4 is 0 Å². The summed E-state index contributed by atoms with van der Waals surface area (Å²) in [6.07, 6.45) is -1.16. The highest BCUT2D eigenvalue weighted by atomic mass is 127. The molecule has 0 aromatic carbocycles. The summed E-state index contributed by atoms with van der Waals surface area (Å²) >= 11 is 1.86. The molecular formula is C9H7F2IN2. The van der Waals surface area contributed by atoms with Crippen LogP contribution in [-0.2, 0) is 6.42 Å². The molecule has 0 fully saturated rings. The van der Waals surface area contributed by atoms with E-state index in [9.17, 15) is 8.78 Å². The molecule has 14 heavy (non-hydrogen) atoms. The fraction of sp³-hybridized carbons (Fsp3) is 0.333. The van der Waals surface area contributed by atoms with Crippen LogP contribution in [0.5, 0.6) is 0 Å². The molecule has 0 bridgehead atoms. The van der Waals surface area contributed by atoms with Crippen LogP contribution in [0, 0.1) is 22.0 Å². The molecule has 1 aromatic rings. The lowest BCUT2D eigenvalue weighted by atomic mass is 10.0. The number of aromatic nitrogens is 1. The van der Waals surface area contributed by atoms with Crippen molar-refractivity contribution in [1.29, 1.82) is 5.26 Å². The molecule has 74 valence electrons. The third kappa shape index (κ3) is 2.18. The summed E-state index contributed by atoms with van der Waals surface area (Å²) in [6, 6.07) is 1.87. The summed E-state index contributed by atoms with van der Waals surface area (Å²) in [5.74, 6) is 0. The van der Waals surface area contributed by atoms with Crippen molar-refractivity contribution in [2.24, 2.45) is 0 Å². The third-order valence-corrected chi connectivity index (χ3v) is 2.77. The molecule has 0 aliphatic heterocycles. The van der Waals surface area contributed by atoms with Gasteiger partial charge in [-0.15, -0.1) is 0 Å². The molecule has 0 aliphatic rings. The number of hydrogen-bond acceptors (Lipinski definition) is 2. The van der Waals surface area contributed by atoms with E-state index < -0.39 is 6.43 Å². The molecule has 0 unspecified atom stereocenters. The van der Waals surface area contributed by atoms with Crippen LogP contribution in [0.15, 0.2) is 6.20 Å². The molecular weight excluding hydrogens is 301 g/mol. The van der Waals surface area contributed by atoms with Gasteiger partial charge in [0.2, 0.25) is 0 Å². The lowest BCUT2D eigenvalue weighted by Crippen LogP contribution is -2.02. The molecule has 0 saturated carbocycles. The number of alkyl halides is 2. The Morgan fingerprint density at radius 3 is 2.79 bits per heavy atom. The van der Waals surface area contributed by atoms with Gasteiger partial charge in [-0.05, 0) is 35.1 Å². The van der Waals surface area contributed by atoms with Gasteiger partial charge in [0, 0.05) is 17.3 Å². The maximum Gasteiger partial charge on any atom is 0.264 e. The molecule has 0 radical (unpaired) electrons. The van der Waals surface area contributed by atoms with Gasteiger partial charge in [-0.2, -0.15) is 5.26 Å². The maximum absolute atomic E-state index is 12.7. The molecule has 0 spiro atoms. The lowest BCUT2D eigenvalue weighted by Gasteiger charge is -2.10. The molecule has 0 amide bonds. The average Bonchev–Trinajstić information content (AvgIpc) is 2.11. The second-order valence-electron chi connectivity index (χ2n) is 2.76. The monoisotopic (exact) mass is 308 g/mol.